The standard InChI is InChI=1S/C7H12N2O3/c1-2-9-3-5(7(11)12)8-6(10)4-9/h5H,2-4H2,1H3,(H,8,10)(H,11,12). The summed E-state index contributed by atoms with van der Waals surface area (Å²) in [5.41, 5.74) is 0. The summed E-state index contributed by atoms with van der Waals surface area (Å²) in [6.07, 6.45) is 0. The predicted octanol–water partition coefficient (Wildman–Crippen LogP) is -1.11. The highest BCUT2D eigenvalue weighted by atomic mass is 16.4. The molecule has 5 heteroatoms. The molecular formula is C7H12N2O3. The Kier molecular flexibility index (Phi) is 2.65. The van der Waals surface area contributed by atoms with Gasteiger partial charge < -0.3 is 10.4 Å². The lowest BCUT2D eigenvalue weighted by Gasteiger charge is -2.29. The lowest BCUT2D eigenvalue weighted by atomic mass is 10.2. The van der Waals surface area contributed by atoms with E-state index < -0.39 is 12.0 Å². The average Bonchev–Trinajstić information content (AvgIpc) is 2.03. The Bertz CT molecular complexity index is 205. The second-order valence-electron chi connectivity index (χ2n) is 2.79. The van der Waals surface area contributed by atoms with E-state index in [4.69, 9.17) is 5.11 Å². The summed E-state index contributed by atoms with van der Waals surface area (Å²) in [5.74, 6) is -1.18. The molecule has 5 nitrogen and oxygen atoms in total. The summed E-state index contributed by atoms with van der Waals surface area (Å²) in [7, 11) is 0. The first-order chi connectivity index (χ1) is 5.63. The van der Waals surface area contributed by atoms with Crippen LogP contribution in [0.2, 0.25) is 0 Å². The fourth-order valence-electron chi connectivity index (χ4n) is 1.19. The van der Waals surface area contributed by atoms with Gasteiger partial charge in [0.15, 0.2) is 0 Å². The summed E-state index contributed by atoms with van der Waals surface area (Å²) in [6, 6.07) is -0.744. The third kappa shape index (κ3) is 1.94. The number of nitrogens with one attached hydrogen (secondary N) is 1. The number of hydrogen-bond donors (Lipinski definition) is 2. The molecule has 1 aliphatic rings. The molecule has 1 atom stereocenters. The Morgan fingerprint density at radius 3 is 3.00 bits per heavy atom. The molecule has 0 aromatic rings. The van der Waals surface area contributed by atoms with Crippen molar-refractivity contribution in [2.24, 2.45) is 0 Å². The van der Waals surface area contributed by atoms with Gasteiger partial charge in [-0.3, -0.25) is 9.69 Å². The van der Waals surface area contributed by atoms with Crippen LogP contribution >= 0.6 is 0 Å². The summed E-state index contributed by atoms with van der Waals surface area (Å²) in [4.78, 5) is 23.3. The highest BCUT2D eigenvalue weighted by Gasteiger charge is 2.27. The molecule has 0 radical (unpaired) electrons. The third-order valence-electron chi connectivity index (χ3n) is 1.89. The maximum Gasteiger partial charge on any atom is 0.327 e. The van der Waals surface area contributed by atoms with E-state index in [-0.39, 0.29) is 5.91 Å². The van der Waals surface area contributed by atoms with Crippen molar-refractivity contribution in [2.75, 3.05) is 19.6 Å². The Labute approximate surface area is 70.4 Å². The first kappa shape index (κ1) is 8.99. The molecule has 12 heavy (non-hydrogen) atoms. The fraction of sp³-hybridized carbons (Fsp3) is 0.714. The van der Waals surface area contributed by atoms with Gasteiger partial charge in [-0.15, -0.1) is 0 Å². The minimum Gasteiger partial charge on any atom is -0.480 e. The molecule has 0 aromatic heterocycles. The molecule has 0 aliphatic carbocycles. The molecule has 0 aromatic carbocycles. The van der Waals surface area contributed by atoms with Gasteiger partial charge in [-0.2, -0.15) is 0 Å². The minimum atomic E-state index is -0.971. The minimum absolute atomic E-state index is 0.212. The highest BCUT2D eigenvalue weighted by Crippen LogP contribution is 1.99. The molecule has 1 rings (SSSR count). The Hall–Kier alpha value is -1.10. The van der Waals surface area contributed by atoms with E-state index in [1.807, 2.05) is 6.92 Å². The Balaban J connectivity index is 2.56. The van der Waals surface area contributed by atoms with Crippen molar-refractivity contribution in [1.29, 1.82) is 0 Å². The molecule has 1 aliphatic heterocycles. The number of hydrogen-bond acceptors (Lipinski definition) is 3. The van der Waals surface area contributed by atoms with Crippen molar-refractivity contribution in [3.63, 3.8) is 0 Å². The monoisotopic (exact) mass is 172 g/mol. The van der Waals surface area contributed by atoms with Crippen LogP contribution in [0.15, 0.2) is 0 Å². The second kappa shape index (κ2) is 3.53. The number of nitrogens with zero attached hydrogens (tertiary/aromatic N) is 1. The van der Waals surface area contributed by atoms with E-state index in [0.29, 0.717) is 19.6 Å². The van der Waals surface area contributed by atoms with Crippen LogP contribution in [0.4, 0.5) is 0 Å². The van der Waals surface area contributed by atoms with Crippen molar-refractivity contribution in [1.82, 2.24) is 10.2 Å². The van der Waals surface area contributed by atoms with Crippen molar-refractivity contribution in [2.45, 2.75) is 13.0 Å². The van der Waals surface area contributed by atoms with E-state index in [9.17, 15) is 9.59 Å². The molecule has 1 saturated heterocycles. The smallest absolute Gasteiger partial charge is 0.327 e. The van der Waals surface area contributed by atoms with E-state index in [1.165, 1.54) is 0 Å². The number of amides is 1. The molecule has 0 bridgehead atoms. The van der Waals surface area contributed by atoms with Gasteiger partial charge >= 0.3 is 5.97 Å². The quantitative estimate of drug-likeness (QED) is 0.554. The first-order valence-electron chi connectivity index (χ1n) is 3.88. The predicted molar refractivity (Wildman–Crippen MR) is 41.7 cm³/mol. The number of carbonyl (C=O) groups excluding carboxylic acids is 1. The summed E-state index contributed by atoms with van der Waals surface area (Å²) >= 11 is 0. The lowest BCUT2D eigenvalue weighted by molar-refractivity contribution is -0.144. The zero-order valence-electron chi connectivity index (χ0n) is 6.91. The molecule has 1 fully saturated rings. The Morgan fingerprint density at radius 1 is 1.83 bits per heavy atom. The molecule has 0 spiro atoms. The number of likely N-dealkylation sites (N-methyl/N-ethyl adjacent to an activating group) is 1. The van der Waals surface area contributed by atoms with E-state index in [2.05, 4.69) is 5.32 Å². The van der Waals surface area contributed by atoms with Gasteiger partial charge in [0.1, 0.15) is 6.04 Å². The number of carboxylic acids is 1. The normalized spacial score (nSPS) is 25.1. The van der Waals surface area contributed by atoms with Gasteiger partial charge in [0.25, 0.3) is 0 Å². The van der Waals surface area contributed by atoms with Gasteiger partial charge in [0.05, 0.1) is 6.54 Å². The van der Waals surface area contributed by atoms with Crippen molar-refractivity contribution in [3.8, 4) is 0 Å². The third-order valence-corrected chi connectivity index (χ3v) is 1.89. The van der Waals surface area contributed by atoms with Crippen molar-refractivity contribution < 1.29 is 14.7 Å². The number of piperazine rings is 1. The van der Waals surface area contributed by atoms with Crippen LogP contribution in [0.3, 0.4) is 0 Å². The van der Waals surface area contributed by atoms with Crippen LogP contribution in [0, 0.1) is 0 Å². The molecule has 1 amide bonds. The maximum atomic E-state index is 10.9. The SMILES string of the molecule is CCN1CC(=O)NC(C(=O)O)C1. The zero-order valence-corrected chi connectivity index (χ0v) is 6.91. The molecular weight excluding hydrogens is 160 g/mol. The average molecular weight is 172 g/mol. The van der Waals surface area contributed by atoms with E-state index >= 15 is 0 Å². The second-order valence-corrected chi connectivity index (χ2v) is 2.79. The summed E-state index contributed by atoms with van der Waals surface area (Å²) < 4.78 is 0. The zero-order chi connectivity index (χ0) is 9.14. The molecule has 0 saturated carbocycles. The van der Waals surface area contributed by atoms with Gasteiger partial charge in [0.2, 0.25) is 5.91 Å². The van der Waals surface area contributed by atoms with Crippen molar-refractivity contribution >= 4 is 11.9 Å². The maximum absolute atomic E-state index is 10.9. The van der Waals surface area contributed by atoms with Crippen LogP contribution in [-0.2, 0) is 9.59 Å². The van der Waals surface area contributed by atoms with Gasteiger partial charge in [0, 0.05) is 6.54 Å². The topological polar surface area (TPSA) is 69.6 Å². The van der Waals surface area contributed by atoms with Gasteiger partial charge in [-0.05, 0) is 6.54 Å². The Morgan fingerprint density at radius 2 is 2.50 bits per heavy atom. The fourth-order valence-corrected chi connectivity index (χ4v) is 1.19. The van der Waals surface area contributed by atoms with E-state index in [0.717, 1.165) is 0 Å². The molecule has 68 valence electrons. The summed E-state index contributed by atoms with van der Waals surface area (Å²) in [5, 5.41) is 11.0. The molecule has 1 heterocycles. The van der Waals surface area contributed by atoms with E-state index in [1.54, 1.807) is 4.90 Å². The van der Waals surface area contributed by atoms with Crippen LogP contribution in [0.25, 0.3) is 0 Å². The number of aliphatic carboxylic acids is 1. The number of carbonyl (C=O) groups is 2. The van der Waals surface area contributed by atoms with Gasteiger partial charge in [-0.1, -0.05) is 6.92 Å². The summed E-state index contributed by atoms with van der Waals surface area (Å²) in [6.45, 7) is 3.31. The van der Waals surface area contributed by atoms with Crippen LogP contribution in [0.5, 0.6) is 0 Å². The molecule has 1 unspecified atom stereocenters. The first-order valence-corrected chi connectivity index (χ1v) is 3.88. The number of carboxylic acid groups (broad SMARTS) is 1. The molecule has 2 N–H and O–H groups in total. The van der Waals surface area contributed by atoms with Crippen LogP contribution < -0.4 is 5.32 Å². The van der Waals surface area contributed by atoms with Crippen LogP contribution in [-0.4, -0.2) is 47.6 Å². The number of rotatable bonds is 2. The van der Waals surface area contributed by atoms with Crippen LogP contribution in [0.1, 0.15) is 6.92 Å². The largest absolute Gasteiger partial charge is 0.480 e. The lowest BCUT2D eigenvalue weighted by Crippen LogP contribution is -2.57. The highest BCUT2D eigenvalue weighted by molar-refractivity contribution is 5.86. The van der Waals surface area contributed by atoms with Crippen molar-refractivity contribution in [3.05, 3.63) is 0 Å². The van der Waals surface area contributed by atoms with Gasteiger partial charge in [-0.25, -0.2) is 4.79 Å².